The lowest BCUT2D eigenvalue weighted by molar-refractivity contribution is -0.121. The maximum Gasteiger partial charge on any atom is 0.248 e. The summed E-state index contributed by atoms with van der Waals surface area (Å²) in [6.07, 6.45) is 1.82. The zero-order chi connectivity index (χ0) is 16.5. The first-order chi connectivity index (χ1) is 11.2. The van der Waals surface area contributed by atoms with Gasteiger partial charge in [0.05, 0.1) is 13.2 Å². The number of carbonyl (C=O) groups excluding carboxylic acids is 2. The number of rotatable bonds is 8. The summed E-state index contributed by atoms with van der Waals surface area (Å²) in [5.41, 5.74) is 6.65. The van der Waals surface area contributed by atoms with E-state index in [1.807, 2.05) is 12.1 Å². The van der Waals surface area contributed by atoms with Gasteiger partial charge in [0.15, 0.2) is 0 Å². The highest BCUT2D eigenvalue weighted by Gasteiger charge is 2.11. The van der Waals surface area contributed by atoms with Gasteiger partial charge in [-0.3, -0.25) is 14.5 Å². The summed E-state index contributed by atoms with van der Waals surface area (Å²) < 4.78 is 5.30. The zero-order valence-electron chi connectivity index (χ0n) is 13.4. The predicted octanol–water partition coefficient (Wildman–Crippen LogP) is 0.557. The number of hydrogen-bond acceptors (Lipinski definition) is 4. The Morgan fingerprint density at radius 2 is 1.96 bits per heavy atom. The molecule has 23 heavy (non-hydrogen) atoms. The third kappa shape index (κ3) is 6.00. The van der Waals surface area contributed by atoms with E-state index in [-0.39, 0.29) is 5.91 Å². The van der Waals surface area contributed by atoms with Crippen LogP contribution < -0.4 is 11.1 Å². The van der Waals surface area contributed by atoms with E-state index in [1.54, 1.807) is 12.1 Å². The van der Waals surface area contributed by atoms with Gasteiger partial charge in [-0.25, -0.2) is 0 Å². The van der Waals surface area contributed by atoms with Gasteiger partial charge in [0, 0.05) is 31.6 Å². The van der Waals surface area contributed by atoms with Crippen molar-refractivity contribution in [1.82, 2.24) is 10.2 Å². The molecule has 0 unspecified atom stereocenters. The van der Waals surface area contributed by atoms with Crippen LogP contribution in [0.5, 0.6) is 0 Å². The number of hydrogen-bond donors (Lipinski definition) is 2. The quantitative estimate of drug-likeness (QED) is 0.686. The van der Waals surface area contributed by atoms with E-state index in [0.29, 0.717) is 24.9 Å². The number of nitrogens with zero attached hydrogens (tertiary/aromatic N) is 1. The second-order valence-corrected chi connectivity index (χ2v) is 5.68. The number of benzene rings is 1. The number of aryl methyl sites for hydroxylation is 1. The molecule has 2 rings (SSSR count). The number of nitrogens with two attached hydrogens (primary N) is 1. The maximum atomic E-state index is 11.9. The SMILES string of the molecule is NC(=O)c1ccccc1CCC(=O)NCCCN1CCOCC1. The number of nitrogens with one attached hydrogen (secondary N) is 1. The Hall–Kier alpha value is -1.92. The third-order valence-electron chi connectivity index (χ3n) is 3.98. The van der Waals surface area contributed by atoms with Crippen molar-refractivity contribution in [1.29, 1.82) is 0 Å². The molecule has 0 atom stereocenters. The highest BCUT2D eigenvalue weighted by Crippen LogP contribution is 2.10. The van der Waals surface area contributed by atoms with Gasteiger partial charge in [-0.15, -0.1) is 0 Å². The van der Waals surface area contributed by atoms with Crippen molar-refractivity contribution in [2.75, 3.05) is 39.4 Å². The summed E-state index contributed by atoms with van der Waals surface area (Å²) >= 11 is 0. The van der Waals surface area contributed by atoms with Gasteiger partial charge in [0.2, 0.25) is 11.8 Å². The van der Waals surface area contributed by atoms with Crippen LogP contribution in [0.1, 0.15) is 28.8 Å². The molecule has 1 fully saturated rings. The summed E-state index contributed by atoms with van der Waals surface area (Å²) in [7, 11) is 0. The molecule has 0 spiro atoms. The van der Waals surface area contributed by atoms with Gasteiger partial charge < -0.3 is 15.8 Å². The molecule has 1 heterocycles. The smallest absolute Gasteiger partial charge is 0.248 e. The molecular formula is C17H25N3O3. The van der Waals surface area contributed by atoms with Crippen molar-refractivity contribution >= 4 is 11.8 Å². The first-order valence-electron chi connectivity index (χ1n) is 8.11. The Kier molecular flexibility index (Phi) is 7.03. The van der Waals surface area contributed by atoms with E-state index in [9.17, 15) is 9.59 Å². The van der Waals surface area contributed by atoms with Crippen molar-refractivity contribution in [2.24, 2.45) is 5.73 Å². The van der Waals surface area contributed by atoms with Gasteiger partial charge in [-0.2, -0.15) is 0 Å². The van der Waals surface area contributed by atoms with Crippen LogP contribution >= 0.6 is 0 Å². The molecule has 0 aromatic heterocycles. The highest BCUT2D eigenvalue weighted by molar-refractivity contribution is 5.94. The van der Waals surface area contributed by atoms with E-state index >= 15 is 0 Å². The van der Waals surface area contributed by atoms with E-state index in [4.69, 9.17) is 10.5 Å². The van der Waals surface area contributed by atoms with Crippen molar-refractivity contribution in [3.8, 4) is 0 Å². The molecular weight excluding hydrogens is 294 g/mol. The summed E-state index contributed by atoms with van der Waals surface area (Å²) in [6.45, 7) is 5.19. The second-order valence-electron chi connectivity index (χ2n) is 5.68. The van der Waals surface area contributed by atoms with Gasteiger partial charge in [-0.05, 0) is 31.0 Å². The lowest BCUT2D eigenvalue weighted by Crippen LogP contribution is -2.38. The van der Waals surface area contributed by atoms with Crippen LogP contribution in [0, 0.1) is 0 Å². The van der Waals surface area contributed by atoms with Gasteiger partial charge >= 0.3 is 0 Å². The van der Waals surface area contributed by atoms with E-state index < -0.39 is 5.91 Å². The molecule has 3 N–H and O–H groups in total. The molecule has 1 aromatic carbocycles. The number of morpholine rings is 1. The Morgan fingerprint density at radius 1 is 1.22 bits per heavy atom. The van der Waals surface area contributed by atoms with Crippen molar-refractivity contribution in [2.45, 2.75) is 19.3 Å². The molecule has 2 amide bonds. The summed E-state index contributed by atoms with van der Waals surface area (Å²) in [5, 5.41) is 2.93. The van der Waals surface area contributed by atoms with E-state index in [2.05, 4.69) is 10.2 Å². The summed E-state index contributed by atoms with van der Waals surface area (Å²) in [5.74, 6) is -0.447. The van der Waals surface area contributed by atoms with Crippen LogP contribution in [-0.4, -0.2) is 56.1 Å². The molecule has 1 aliphatic rings. The lowest BCUT2D eigenvalue weighted by atomic mass is 10.0. The molecule has 0 bridgehead atoms. The molecule has 1 saturated heterocycles. The minimum Gasteiger partial charge on any atom is -0.379 e. The number of carbonyl (C=O) groups is 2. The van der Waals surface area contributed by atoms with Crippen molar-refractivity contribution < 1.29 is 14.3 Å². The van der Waals surface area contributed by atoms with Crippen LogP contribution in [-0.2, 0) is 16.0 Å². The molecule has 0 saturated carbocycles. The average Bonchev–Trinajstić information content (AvgIpc) is 2.58. The molecule has 6 heteroatoms. The fraction of sp³-hybridized carbons (Fsp3) is 0.529. The van der Waals surface area contributed by atoms with Gasteiger partial charge in [0.25, 0.3) is 0 Å². The standard InChI is InChI=1S/C17H25N3O3/c18-17(22)15-5-2-1-4-14(15)6-7-16(21)19-8-3-9-20-10-12-23-13-11-20/h1-2,4-5H,3,6-13H2,(H2,18,22)(H,19,21). The van der Waals surface area contributed by atoms with Gasteiger partial charge in [-0.1, -0.05) is 18.2 Å². The summed E-state index contributed by atoms with van der Waals surface area (Å²) in [4.78, 5) is 25.6. The highest BCUT2D eigenvalue weighted by atomic mass is 16.5. The molecule has 6 nitrogen and oxygen atoms in total. The molecule has 1 aliphatic heterocycles. The average molecular weight is 319 g/mol. The summed E-state index contributed by atoms with van der Waals surface area (Å²) in [6, 6.07) is 7.15. The van der Waals surface area contributed by atoms with Crippen molar-refractivity contribution in [3.05, 3.63) is 35.4 Å². The maximum absolute atomic E-state index is 11.9. The second kappa shape index (κ2) is 9.27. The fourth-order valence-electron chi connectivity index (χ4n) is 2.67. The largest absolute Gasteiger partial charge is 0.379 e. The Bertz CT molecular complexity index is 528. The topological polar surface area (TPSA) is 84.7 Å². The monoisotopic (exact) mass is 319 g/mol. The first kappa shape index (κ1) is 17.4. The number of amides is 2. The normalized spacial score (nSPS) is 15.3. The fourth-order valence-corrected chi connectivity index (χ4v) is 2.67. The van der Waals surface area contributed by atoms with Gasteiger partial charge in [0.1, 0.15) is 0 Å². The minimum absolute atomic E-state index is 0.00579. The molecule has 126 valence electrons. The first-order valence-corrected chi connectivity index (χ1v) is 8.11. The number of ether oxygens (including phenoxy) is 1. The number of primary amides is 1. The Morgan fingerprint density at radius 3 is 2.70 bits per heavy atom. The third-order valence-corrected chi connectivity index (χ3v) is 3.98. The van der Waals surface area contributed by atoms with Crippen LogP contribution in [0.25, 0.3) is 0 Å². The van der Waals surface area contributed by atoms with Crippen molar-refractivity contribution in [3.63, 3.8) is 0 Å². The molecule has 0 aliphatic carbocycles. The van der Waals surface area contributed by atoms with Crippen LogP contribution in [0.2, 0.25) is 0 Å². The van der Waals surface area contributed by atoms with Crippen LogP contribution in [0.3, 0.4) is 0 Å². The van der Waals surface area contributed by atoms with E-state index in [1.165, 1.54) is 0 Å². The van der Waals surface area contributed by atoms with Crippen LogP contribution in [0.15, 0.2) is 24.3 Å². The lowest BCUT2D eigenvalue weighted by Gasteiger charge is -2.26. The minimum atomic E-state index is -0.452. The Labute approximate surface area is 137 Å². The Balaban J connectivity index is 1.64. The molecule has 1 aromatic rings. The predicted molar refractivity (Wildman–Crippen MR) is 88.2 cm³/mol. The zero-order valence-corrected chi connectivity index (χ0v) is 13.4. The van der Waals surface area contributed by atoms with Crippen LogP contribution in [0.4, 0.5) is 0 Å². The van der Waals surface area contributed by atoms with E-state index in [0.717, 1.165) is 44.8 Å². The molecule has 0 radical (unpaired) electrons.